The van der Waals surface area contributed by atoms with Gasteiger partial charge in [0.25, 0.3) is 5.91 Å². The fraction of sp³-hybridized carbons (Fsp3) is 0.267. The molecule has 1 fully saturated rings. The molecule has 2 aliphatic rings. The first-order valence-electron chi connectivity index (χ1n) is 13.5. The van der Waals surface area contributed by atoms with E-state index in [2.05, 4.69) is 10.6 Å². The number of nitrogens with one attached hydrogen (secondary N) is 2. The van der Waals surface area contributed by atoms with Crippen molar-refractivity contribution >= 4 is 41.0 Å². The molecule has 5 amide bonds. The number of nitrogens with zero attached hydrogens (tertiary/aromatic N) is 2. The maximum absolute atomic E-state index is 13.7. The molecule has 1 aliphatic heterocycles. The smallest absolute Gasteiger partial charge is 0.418 e. The van der Waals surface area contributed by atoms with Gasteiger partial charge in [-0.2, -0.15) is 13.2 Å². The molecule has 44 heavy (non-hydrogen) atoms. The number of alkyl halides is 3. The lowest BCUT2D eigenvalue weighted by atomic mass is 9.94. The van der Waals surface area contributed by atoms with Gasteiger partial charge in [0.05, 0.1) is 0 Å². The molecule has 0 aromatic heterocycles. The van der Waals surface area contributed by atoms with Crippen molar-refractivity contribution in [2.45, 2.75) is 44.1 Å². The van der Waals surface area contributed by atoms with E-state index in [-0.39, 0.29) is 18.4 Å². The molecule has 1 saturated heterocycles. The number of aryl methyl sites for hydroxylation is 1. The summed E-state index contributed by atoms with van der Waals surface area (Å²) in [5, 5.41) is 5.34. The maximum atomic E-state index is 13.7. The summed E-state index contributed by atoms with van der Waals surface area (Å²) in [6.07, 6.45) is -5.65. The largest absolute Gasteiger partial charge is 0.427 e. The van der Waals surface area contributed by atoms with E-state index in [1.807, 2.05) is 0 Å². The molecule has 0 saturated carbocycles. The first kappa shape index (κ1) is 30.3. The van der Waals surface area contributed by atoms with Crippen molar-refractivity contribution in [3.8, 4) is 0 Å². The zero-order chi connectivity index (χ0) is 31.8. The summed E-state index contributed by atoms with van der Waals surface area (Å²) in [6.45, 7) is -0.740. The Bertz CT molecular complexity index is 1610. The summed E-state index contributed by atoms with van der Waals surface area (Å²) in [4.78, 5) is 53.1. The molecule has 230 valence electrons. The molecular weight excluding hydrogens is 586 g/mol. The molecule has 1 spiro atoms. The van der Waals surface area contributed by atoms with Crippen LogP contribution in [-0.2, 0) is 32.9 Å². The SMILES string of the molecule is C[C@H](N(Cc1ccc(F)cc1)C(=O)CN1C(=O)O[C@@]2(CCc3cc(NC(=O)Nc4ccc(N)cc4)ccc32)C1=O)C(F)(F)F. The van der Waals surface area contributed by atoms with E-state index in [4.69, 9.17) is 10.5 Å². The highest BCUT2D eigenvalue weighted by atomic mass is 19.4. The van der Waals surface area contributed by atoms with Gasteiger partial charge in [-0.05, 0) is 73.0 Å². The fourth-order valence-electron chi connectivity index (χ4n) is 5.22. The van der Waals surface area contributed by atoms with Crippen molar-refractivity contribution in [2.75, 3.05) is 22.9 Å². The minimum absolute atomic E-state index is 0.0386. The number of halogens is 4. The van der Waals surface area contributed by atoms with Crippen LogP contribution in [0, 0.1) is 5.82 Å². The van der Waals surface area contributed by atoms with Gasteiger partial charge in [-0.3, -0.25) is 9.59 Å². The normalized spacial score (nSPS) is 18.2. The molecule has 14 heteroatoms. The van der Waals surface area contributed by atoms with Gasteiger partial charge in [0.15, 0.2) is 0 Å². The van der Waals surface area contributed by atoms with Crippen molar-refractivity contribution in [3.63, 3.8) is 0 Å². The van der Waals surface area contributed by atoms with E-state index in [1.165, 1.54) is 24.3 Å². The van der Waals surface area contributed by atoms with E-state index in [9.17, 15) is 36.7 Å². The Balaban J connectivity index is 1.31. The number of urea groups is 1. The minimum Gasteiger partial charge on any atom is -0.427 e. The summed E-state index contributed by atoms with van der Waals surface area (Å²) >= 11 is 0. The van der Waals surface area contributed by atoms with Gasteiger partial charge in [0.2, 0.25) is 11.5 Å². The van der Waals surface area contributed by atoms with Crippen LogP contribution < -0.4 is 16.4 Å². The number of hydrogen-bond acceptors (Lipinski definition) is 6. The van der Waals surface area contributed by atoms with Crippen molar-refractivity contribution in [1.82, 2.24) is 9.80 Å². The Hall–Kier alpha value is -5.14. The first-order valence-corrected chi connectivity index (χ1v) is 13.5. The van der Waals surface area contributed by atoms with Crippen molar-refractivity contribution < 1.29 is 41.5 Å². The van der Waals surface area contributed by atoms with Crippen LogP contribution >= 0.6 is 0 Å². The number of amides is 5. The molecule has 4 N–H and O–H groups in total. The number of anilines is 3. The molecule has 1 heterocycles. The van der Waals surface area contributed by atoms with Crippen LogP contribution in [-0.4, -0.2) is 52.5 Å². The van der Waals surface area contributed by atoms with E-state index in [1.54, 1.807) is 30.3 Å². The number of fused-ring (bicyclic) bond motifs is 2. The van der Waals surface area contributed by atoms with Crippen LogP contribution in [0.25, 0.3) is 0 Å². The van der Waals surface area contributed by atoms with Gasteiger partial charge < -0.3 is 26.0 Å². The van der Waals surface area contributed by atoms with Gasteiger partial charge in [-0.15, -0.1) is 0 Å². The van der Waals surface area contributed by atoms with Crippen LogP contribution in [0.1, 0.15) is 30.0 Å². The van der Waals surface area contributed by atoms with Gasteiger partial charge in [0.1, 0.15) is 18.4 Å². The van der Waals surface area contributed by atoms with Crippen molar-refractivity contribution in [2.24, 2.45) is 0 Å². The van der Waals surface area contributed by atoms with Gasteiger partial charge in [-0.1, -0.05) is 18.2 Å². The maximum Gasteiger partial charge on any atom is 0.418 e. The quantitative estimate of drug-likeness (QED) is 0.249. The minimum atomic E-state index is -4.81. The predicted molar refractivity (Wildman–Crippen MR) is 151 cm³/mol. The summed E-state index contributed by atoms with van der Waals surface area (Å²) in [6, 6.07) is 12.9. The third-order valence-corrected chi connectivity index (χ3v) is 7.61. The molecule has 3 aromatic rings. The number of nitrogens with two attached hydrogens (primary N) is 1. The van der Waals surface area contributed by atoms with Crippen LogP contribution in [0.2, 0.25) is 0 Å². The fourth-order valence-corrected chi connectivity index (χ4v) is 5.22. The number of imide groups is 1. The molecule has 3 aromatic carbocycles. The number of hydrogen-bond donors (Lipinski definition) is 3. The molecule has 0 radical (unpaired) electrons. The second-order valence-electron chi connectivity index (χ2n) is 10.5. The highest BCUT2D eigenvalue weighted by molar-refractivity contribution is 6.06. The Morgan fingerprint density at radius 3 is 2.32 bits per heavy atom. The van der Waals surface area contributed by atoms with E-state index >= 15 is 0 Å². The Morgan fingerprint density at radius 1 is 1.02 bits per heavy atom. The number of carbonyl (C=O) groups is 4. The summed E-state index contributed by atoms with van der Waals surface area (Å²) in [5.74, 6) is -2.63. The second-order valence-corrected chi connectivity index (χ2v) is 10.5. The molecular formula is C30H27F4N5O5. The van der Waals surface area contributed by atoms with Crippen LogP contribution in [0.15, 0.2) is 66.7 Å². The summed E-state index contributed by atoms with van der Waals surface area (Å²) in [7, 11) is 0. The summed E-state index contributed by atoms with van der Waals surface area (Å²) < 4.78 is 59.9. The number of benzene rings is 3. The van der Waals surface area contributed by atoms with Crippen molar-refractivity contribution in [3.05, 3.63) is 89.2 Å². The predicted octanol–water partition coefficient (Wildman–Crippen LogP) is 5.15. The Kier molecular flexibility index (Phi) is 7.93. The van der Waals surface area contributed by atoms with E-state index in [0.29, 0.717) is 38.0 Å². The monoisotopic (exact) mass is 613 g/mol. The molecule has 2 atom stereocenters. The first-order chi connectivity index (χ1) is 20.8. The molecule has 10 nitrogen and oxygen atoms in total. The molecule has 5 rings (SSSR count). The number of rotatable bonds is 7. The van der Waals surface area contributed by atoms with Crippen LogP contribution in [0.4, 0.5) is 44.2 Å². The van der Waals surface area contributed by atoms with Crippen LogP contribution in [0.5, 0.6) is 0 Å². The average molecular weight is 614 g/mol. The zero-order valence-electron chi connectivity index (χ0n) is 23.3. The highest BCUT2D eigenvalue weighted by Crippen LogP contribution is 2.46. The number of carbonyl (C=O) groups excluding carboxylic acids is 4. The lowest BCUT2D eigenvalue weighted by molar-refractivity contribution is -0.187. The third-order valence-electron chi connectivity index (χ3n) is 7.61. The molecule has 1 aliphatic carbocycles. The van der Waals surface area contributed by atoms with Crippen molar-refractivity contribution in [1.29, 1.82) is 0 Å². The second kappa shape index (κ2) is 11.5. The van der Waals surface area contributed by atoms with E-state index in [0.717, 1.165) is 19.1 Å². The van der Waals surface area contributed by atoms with Gasteiger partial charge in [0, 0.05) is 35.6 Å². The van der Waals surface area contributed by atoms with Gasteiger partial charge in [-0.25, -0.2) is 18.9 Å². The third kappa shape index (κ3) is 6.00. The van der Waals surface area contributed by atoms with Gasteiger partial charge >= 0.3 is 18.3 Å². The molecule has 0 bridgehead atoms. The highest BCUT2D eigenvalue weighted by Gasteiger charge is 2.58. The number of nitrogen functional groups attached to an aromatic ring is 1. The standard InChI is InChI=1S/C30H27F4N5O5/c1-17(30(32,33)34)38(15-18-2-4-20(31)5-3-18)25(40)16-39-26(41)29(44-28(39)43)13-12-19-14-23(10-11-24(19)29)37-27(42)36-22-8-6-21(35)7-9-22/h2-11,14,17H,12-13,15-16,35H2,1H3,(H2,36,37,42)/t17-,29+/m0/s1. The number of ether oxygens (including phenoxy) is 1. The van der Waals surface area contributed by atoms with E-state index < -0.39 is 60.7 Å². The van der Waals surface area contributed by atoms with Crippen LogP contribution in [0.3, 0.4) is 0 Å². The Morgan fingerprint density at radius 2 is 1.66 bits per heavy atom. The summed E-state index contributed by atoms with van der Waals surface area (Å²) in [5.41, 5.74) is 6.51. The lowest BCUT2D eigenvalue weighted by Gasteiger charge is -2.31. The zero-order valence-corrected chi connectivity index (χ0v) is 23.3. The average Bonchev–Trinajstić information content (AvgIpc) is 3.44. The Labute approximate surface area is 248 Å². The lowest BCUT2D eigenvalue weighted by Crippen LogP contribution is -2.51. The molecule has 0 unspecified atom stereocenters. The topological polar surface area (TPSA) is 134 Å².